The molecule has 1 atom stereocenters. The van der Waals surface area contributed by atoms with E-state index in [0.717, 1.165) is 0 Å². The summed E-state index contributed by atoms with van der Waals surface area (Å²) < 4.78 is 40.5. The summed E-state index contributed by atoms with van der Waals surface area (Å²) in [5.41, 5.74) is -0.0947. The maximum atomic E-state index is 12.3. The van der Waals surface area contributed by atoms with E-state index in [1.54, 1.807) is 12.1 Å². The molecule has 0 radical (unpaired) electrons. The average Bonchev–Trinajstić information content (AvgIpc) is 2.75. The van der Waals surface area contributed by atoms with Gasteiger partial charge < -0.3 is 19.5 Å². The zero-order valence-electron chi connectivity index (χ0n) is 15.8. The van der Waals surface area contributed by atoms with Crippen molar-refractivity contribution in [2.75, 3.05) is 25.5 Å². The van der Waals surface area contributed by atoms with Gasteiger partial charge in [0.25, 0.3) is 5.91 Å². The number of carbonyl (C=O) groups excluding carboxylic acids is 2. The minimum absolute atomic E-state index is 0.0947. The Labute approximate surface area is 168 Å². The molecule has 1 N–H and O–H groups in total. The van der Waals surface area contributed by atoms with Gasteiger partial charge in [0, 0.05) is 0 Å². The van der Waals surface area contributed by atoms with E-state index in [2.05, 4.69) is 5.32 Å². The third-order valence-corrected chi connectivity index (χ3v) is 6.04. The third-order valence-electron chi connectivity index (χ3n) is 4.25. The molecule has 0 spiro atoms. The maximum Gasteiger partial charge on any atom is 0.339 e. The highest BCUT2D eigenvalue weighted by Crippen LogP contribution is 2.30. The van der Waals surface area contributed by atoms with E-state index in [-0.39, 0.29) is 35.5 Å². The number of hydrogen-bond donors (Lipinski definition) is 1. The number of hydrogen-bond acceptors (Lipinski definition) is 7. The number of amides is 1. The largest absolute Gasteiger partial charge is 0.486 e. The standard InChI is InChI=1S/C20H21NO7S/c1-2-29(24,25)18-10-6-3-7-15(18)20(23)27-13-19(22)21-11-14-12-26-16-8-4-5-9-17(16)28-14/h3-10,14H,2,11-13H2,1H3,(H,21,22)/t14-/m0/s1. The molecule has 2 aromatic carbocycles. The van der Waals surface area contributed by atoms with Crippen molar-refractivity contribution in [3.05, 3.63) is 54.1 Å². The zero-order chi connectivity index (χ0) is 20.9. The number of benzene rings is 2. The van der Waals surface area contributed by atoms with Crippen molar-refractivity contribution in [2.24, 2.45) is 0 Å². The van der Waals surface area contributed by atoms with E-state index < -0.39 is 28.3 Å². The van der Waals surface area contributed by atoms with Gasteiger partial charge in [0.1, 0.15) is 12.7 Å². The molecule has 0 saturated carbocycles. The number of ether oxygens (including phenoxy) is 3. The molecular formula is C20H21NO7S. The summed E-state index contributed by atoms with van der Waals surface area (Å²) in [6.07, 6.45) is -0.375. The number of nitrogens with one attached hydrogen (secondary N) is 1. The Kier molecular flexibility index (Phi) is 6.38. The number of carbonyl (C=O) groups is 2. The predicted molar refractivity (Wildman–Crippen MR) is 104 cm³/mol. The van der Waals surface area contributed by atoms with Crippen LogP contribution in [0.5, 0.6) is 11.5 Å². The van der Waals surface area contributed by atoms with Crippen LogP contribution in [0.2, 0.25) is 0 Å². The quantitative estimate of drug-likeness (QED) is 0.679. The molecule has 1 aliphatic heterocycles. The molecule has 29 heavy (non-hydrogen) atoms. The van der Waals surface area contributed by atoms with Crippen LogP contribution < -0.4 is 14.8 Å². The summed E-state index contributed by atoms with van der Waals surface area (Å²) in [5, 5.41) is 2.61. The third kappa shape index (κ3) is 5.05. The highest BCUT2D eigenvalue weighted by atomic mass is 32.2. The van der Waals surface area contributed by atoms with Crippen LogP contribution >= 0.6 is 0 Å². The fraction of sp³-hybridized carbons (Fsp3) is 0.300. The first-order valence-corrected chi connectivity index (χ1v) is 10.7. The molecule has 2 aromatic rings. The maximum absolute atomic E-state index is 12.3. The van der Waals surface area contributed by atoms with Gasteiger partial charge in [0.05, 0.1) is 22.8 Å². The van der Waals surface area contributed by atoms with Crippen LogP contribution in [0.15, 0.2) is 53.4 Å². The number of para-hydroxylation sites is 2. The molecule has 0 bridgehead atoms. The van der Waals surface area contributed by atoms with Gasteiger partial charge in [0.15, 0.2) is 27.9 Å². The lowest BCUT2D eigenvalue weighted by Crippen LogP contribution is -2.42. The zero-order valence-corrected chi connectivity index (χ0v) is 16.6. The summed E-state index contributed by atoms with van der Waals surface area (Å²) in [5.74, 6) is -0.317. The van der Waals surface area contributed by atoms with Crippen LogP contribution in [0.4, 0.5) is 0 Å². The summed E-state index contributed by atoms with van der Waals surface area (Å²) in [7, 11) is -3.59. The molecule has 0 aliphatic carbocycles. The Bertz CT molecular complexity index is 1000. The van der Waals surface area contributed by atoms with E-state index in [1.165, 1.54) is 31.2 Å². The summed E-state index contributed by atoms with van der Waals surface area (Å²) in [6.45, 7) is 1.40. The SMILES string of the molecule is CCS(=O)(=O)c1ccccc1C(=O)OCC(=O)NC[C@H]1COc2ccccc2O1. The van der Waals surface area contributed by atoms with Gasteiger partial charge in [-0.15, -0.1) is 0 Å². The van der Waals surface area contributed by atoms with Gasteiger partial charge in [-0.2, -0.15) is 0 Å². The minimum Gasteiger partial charge on any atom is -0.486 e. The first-order valence-electron chi connectivity index (χ1n) is 9.05. The van der Waals surface area contributed by atoms with Crippen molar-refractivity contribution in [3.8, 4) is 11.5 Å². The predicted octanol–water partition coefficient (Wildman–Crippen LogP) is 1.59. The molecule has 9 heteroatoms. The second-order valence-corrected chi connectivity index (χ2v) is 8.52. The molecule has 0 aromatic heterocycles. The molecule has 0 fully saturated rings. The number of sulfone groups is 1. The van der Waals surface area contributed by atoms with Crippen LogP contribution in [-0.4, -0.2) is 51.9 Å². The van der Waals surface area contributed by atoms with Crippen LogP contribution in [0, 0.1) is 0 Å². The van der Waals surface area contributed by atoms with Crippen molar-refractivity contribution in [2.45, 2.75) is 17.9 Å². The van der Waals surface area contributed by atoms with Crippen molar-refractivity contribution >= 4 is 21.7 Å². The van der Waals surface area contributed by atoms with E-state index >= 15 is 0 Å². The second kappa shape index (κ2) is 8.95. The lowest BCUT2D eigenvalue weighted by molar-refractivity contribution is -0.124. The first kappa shape index (κ1) is 20.7. The van der Waals surface area contributed by atoms with E-state index in [0.29, 0.717) is 11.5 Å². The first-order chi connectivity index (χ1) is 13.9. The Morgan fingerprint density at radius 1 is 1.10 bits per heavy atom. The van der Waals surface area contributed by atoms with Gasteiger partial charge >= 0.3 is 5.97 Å². The van der Waals surface area contributed by atoms with Crippen LogP contribution in [-0.2, 0) is 19.4 Å². The molecule has 0 saturated heterocycles. The van der Waals surface area contributed by atoms with Gasteiger partial charge in [0.2, 0.25) is 0 Å². The number of rotatable bonds is 7. The minimum atomic E-state index is -3.59. The monoisotopic (exact) mass is 419 g/mol. The summed E-state index contributed by atoms with van der Waals surface area (Å²) in [4.78, 5) is 24.2. The molecule has 1 heterocycles. The molecular weight excluding hydrogens is 398 g/mol. The van der Waals surface area contributed by atoms with Gasteiger partial charge in [-0.05, 0) is 24.3 Å². The topological polar surface area (TPSA) is 108 Å². The molecule has 0 unspecified atom stereocenters. The van der Waals surface area contributed by atoms with Gasteiger partial charge in [-0.25, -0.2) is 13.2 Å². The van der Waals surface area contributed by atoms with E-state index in [1.807, 2.05) is 12.1 Å². The highest BCUT2D eigenvalue weighted by Gasteiger charge is 2.23. The molecule has 3 rings (SSSR count). The fourth-order valence-corrected chi connectivity index (χ4v) is 3.80. The van der Waals surface area contributed by atoms with Gasteiger partial charge in [-0.1, -0.05) is 31.2 Å². The summed E-state index contributed by atoms with van der Waals surface area (Å²) in [6, 6.07) is 13.0. The molecule has 1 aliphatic rings. The Hall–Kier alpha value is -3.07. The Morgan fingerprint density at radius 3 is 2.55 bits per heavy atom. The van der Waals surface area contributed by atoms with E-state index in [4.69, 9.17) is 14.2 Å². The van der Waals surface area contributed by atoms with E-state index in [9.17, 15) is 18.0 Å². The Balaban J connectivity index is 1.51. The van der Waals surface area contributed by atoms with Crippen molar-refractivity contribution in [1.82, 2.24) is 5.32 Å². The van der Waals surface area contributed by atoms with Crippen LogP contribution in [0.1, 0.15) is 17.3 Å². The highest BCUT2D eigenvalue weighted by molar-refractivity contribution is 7.91. The summed E-state index contributed by atoms with van der Waals surface area (Å²) >= 11 is 0. The fourth-order valence-electron chi connectivity index (χ4n) is 2.71. The number of fused-ring (bicyclic) bond motifs is 1. The van der Waals surface area contributed by atoms with Crippen molar-refractivity contribution in [3.63, 3.8) is 0 Å². The van der Waals surface area contributed by atoms with Crippen molar-refractivity contribution in [1.29, 1.82) is 0 Å². The van der Waals surface area contributed by atoms with Crippen LogP contribution in [0.3, 0.4) is 0 Å². The normalized spacial score (nSPS) is 15.4. The molecule has 1 amide bonds. The Morgan fingerprint density at radius 2 is 1.79 bits per heavy atom. The molecule has 154 valence electrons. The van der Waals surface area contributed by atoms with Gasteiger partial charge in [-0.3, -0.25) is 4.79 Å². The molecule has 8 nitrogen and oxygen atoms in total. The number of esters is 1. The lowest BCUT2D eigenvalue weighted by Gasteiger charge is -2.26. The second-order valence-electron chi connectivity index (χ2n) is 6.28. The smallest absolute Gasteiger partial charge is 0.339 e. The van der Waals surface area contributed by atoms with Crippen LogP contribution in [0.25, 0.3) is 0 Å². The van der Waals surface area contributed by atoms with Crippen molar-refractivity contribution < 1.29 is 32.2 Å². The average molecular weight is 419 g/mol. The lowest BCUT2D eigenvalue weighted by atomic mass is 10.2.